The number of aryl methyl sites for hydroxylation is 2. The molecule has 0 amide bonds. The van der Waals surface area contributed by atoms with Crippen molar-refractivity contribution in [2.24, 2.45) is 7.05 Å². The highest BCUT2D eigenvalue weighted by Gasteiger charge is 2.13. The molecule has 108 valence electrons. The largest absolute Gasteiger partial charge is 0.478 e. The summed E-state index contributed by atoms with van der Waals surface area (Å²) in [5.41, 5.74) is 0.963. The summed E-state index contributed by atoms with van der Waals surface area (Å²) in [5.74, 6) is -0.935. The molecule has 0 unspecified atom stereocenters. The van der Waals surface area contributed by atoms with Crippen molar-refractivity contribution in [1.82, 2.24) is 24.6 Å². The molecule has 0 aromatic carbocycles. The van der Waals surface area contributed by atoms with Crippen molar-refractivity contribution in [1.29, 1.82) is 0 Å². The van der Waals surface area contributed by atoms with Crippen LogP contribution in [-0.4, -0.2) is 37.0 Å². The van der Waals surface area contributed by atoms with Crippen LogP contribution in [0.5, 0.6) is 0 Å². The Morgan fingerprint density at radius 3 is 3.00 bits per heavy atom. The van der Waals surface area contributed by atoms with E-state index in [-0.39, 0.29) is 5.56 Å². The van der Waals surface area contributed by atoms with Gasteiger partial charge in [-0.05, 0) is 19.4 Å². The van der Waals surface area contributed by atoms with Crippen LogP contribution in [0.4, 0.5) is 0 Å². The predicted octanol–water partition coefficient (Wildman–Crippen LogP) is 0.885. The van der Waals surface area contributed by atoms with Gasteiger partial charge in [0.15, 0.2) is 0 Å². The van der Waals surface area contributed by atoms with Gasteiger partial charge in [-0.2, -0.15) is 5.10 Å². The van der Waals surface area contributed by atoms with Crippen LogP contribution in [0, 0.1) is 0 Å². The lowest BCUT2D eigenvalue weighted by Crippen LogP contribution is -2.19. The van der Waals surface area contributed by atoms with Gasteiger partial charge in [0.25, 0.3) is 0 Å². The van der Waals surface area contributed by atoms with Crippen molar-refractivity contribution in [3.8, 4) is 0 Å². The minimum absolute atomic E-state index is 0.262. The molecule has 0 aliphatic heterocycles. The number of aromatic carboxylic acids is 1. The van der Waals surface area contributed by atoms with Gasteiger partial charge in [-0.25, -0.2) is 9.78 Å². The molecule has 0 atom stereocenters. The second-order valence-electron chi connectivity index (χ2n) is 4.62. The van der Waals surface area contributed by atoms with E-state index in [0.29, 0.717) is 12.2 Å². The summed E-state index contributed by atoms with van der Waals surface area (Å²) >= 11 is 0. The third kappa shape index (κ3) is 3.67. The van der Waals surface area contributed by atoms with Gasteiger partial charge >= 0.3 is 5.97 Å². The molecule has 2 N–H and O–H groups in total. The number of aromatic nitrogens is 4. The third-order valence-electron chi connectivity index (χ3n) is 3.16. The number of unbranched alkanes of at least 4 members (excludes halogenated alkanes) is 1. The van der Waals surface area contributed by atoms with Crippen LogP contribution in [0.15, 0.2) is 24.9 Å². The van der Waals surface area contributed by atoms with Gasteiger partial charge in [0.05, 0.1) is 18.2 Å². The summed E-state index contributed by atoms with van der Waals surface area (Å²) in [6.45, 7) is 2.32. The van der Waals surface area contributed by atoms with E-state index in [1.165, 1.54) is 6.20 Å². The monoisotopic (exact) mass is 277 g/mol. The SMILES string of the molecule is Cn1ncc(C(=O)O)c1CNCCCCn1ccnc1. The van der Waals surface area contributed by atoms with Gasteiger partial charge in [-0.15, -0.1) is 0 Å². The average molecular weight is 277 g/mol. The van der Waals surface area contributed by atoms with Crippen LogP contribution in [0.1, 0.15) is 28.9 Å². The Kier molecular flexibility index (Phi) is 4.89. The van der Waals surface area contributed by atoms with Gasteiger partial charge in [0.1, 0.15) is 5.56 Å². The molecule has 0 aliphatic rings. The number of hydrogen-bond donors (Lipinski definition) is 2. The maximum absolute atomic E-state index is 11.0. The summed E-state index contributed by atoms with van der Waals surface area (Å²) in [6.07, 6.45) is 9.00. The van der Waals surface area contributed by atoms with E-state index in [2.05, 4.69) is 15.4 Å². The van der Waals surface area contributed by atoms with Crippen molar-refractivity contribution in [2.45, 2.75) is 25.9 Å². The first-order chi connectivity index (χ1) is 9.68. The van der Waals surface area contributed by atoms with Crippen LogP contribution >= 0.6 is 0 Å². The molecule has 0 fully saturated rings. The van der Waals surface area contributed by atoms with Crippen LogP contribution in [-0.2, 0) is 20.1 Å². The van der Waals surface area contributed by atoms with Crippen molar-refractivity contribution < 1.29 is 9.90 Å². The van der Waals surface area contributed by atoms with E-state index in [9.17, 15) is 4.79 Å². The minimum Gasteiger partial charge on any atom is -0.478 e. The highest BCUT2D eigenvalue weighted by molar-refractivity contribution is 5.88. The zero-order valence-corrected chi connectivity index (χ0v) is 11.5. The molecule has 2 aromatic heterocycles. The molecule has 20 heavy (non-hydrogen) atoms. The van der Waals surface area contributed by atoms with E-state index in [0.717, 1.165) is 25.9 Å². The fourth-order valence-electron chi connectivity index (χ4n) is 2.02. The van der Waals surface area contributed by atoms with Crippen molar-refractivity contribution in [2.75, 3.05) is 6.54 Å². The molecule has 7 heteroatoms. The lowest BCUT2D eigenvalue weighted by atomic mass is 10.2. The van der Waals surface area contributed by atoms with Crippen LogP contribution in [0.2, 0.25) is 0 Å². The van der Waals surface area contributed by atoms with Gasteiger partial charge in [-0.1, -0.05) is 0 Å². The number of carboxylic acid groups (broad SMARTS) is 1. The first kappa shape index (κ1) is 14.3. The molecule has 0 spiro atoms. The van der Waals surface area contributed by atoms with Crippen LogP contribution in [0.3, 0.4) is 0 Å². The number of carboxylic acids is 1. The predicted molar refractivity (Wildman–Crippen MR) is 73.3 cm³/mol. The van der Waals surface area contributed by atoms with Gasteiger partial charge in [0.2, 0.25) is 0 Å². The summed E-state index contributed by atoms with van der Waals surface area (Å²) < 4.78 is 3.64. The Labute approximate surface area is 117 Å². The first-order valence-electron chi connectivity index (χ1n) is 6.59. The Bertz CT molecular complexity index is 547. The fourth-order valence-corrected chi connectivity index (χ4v) is 2.02. The van der Waals surface area contributed by atoms with E-state index in [1.807, 2.05) is 17.1 Å². The summed E-state index contributed by atoms with van der Waals surface area (Å²) in [4.78, 5) is 15.0. The lowest BCUT2D eigenvalue weighted by molar-refractivity contribution is 0.0695. The number of rotatable bonds is 8. The first-order valence-corrected chi connectivity index (χ1v) is 6.59. The minimum atomic E-state index is -0.935. The number of imidazole rings is 1. The Morgan fingerprint density at radius 2 is 2.30 bits per heavy atom. The molecule has 0 saturated heterocycles. The molecule has 0 bridgehead atoms. The maximum atomic E-state index is 11.0. The van der Waals surface area contributed by atoms with E-state index in [4.69, 9.17) is 5.11 Å². The van der Waals surface area contributed by atoms with Crippen molar-refractivity contribution in [3.05, 3.63) is 36.2 Å². The van der Waals surface area contributed by atoms with Crippen molar-refractivity contribution in [3.63, 3.8) is 0 Å². The summed E-state index contributed by atoms with van der Waals surface area (Å²) in [5, 5.41) is 16.3. The molecule has 2 rings (SSSR count). The topological polar surface area (TPSA) is 85.0 Å². The van der Waals surface area contributed by atoms with Gasteiger partial charge in [-0.3, -0.25) is 4.68 Å². The van der Waals surface area contributed by atoms with Crippen LogP contribution in [0.25, 0.3) is 0 Å². The normalized spacial score (nSPS) is 10.8. The van der Waals surface area contributed by atoms with Crippen molar-refractivity contribution >= 4 is 5.97 Å². The Balaban J connectivity index is 1.68. The van der Waals surface area contributed by atoms with E-state index >= 15 is 0 Å². The molecule has 2 heterocycles. The molecule has 2 aromatic rings. The van der Waals surface area contributed by atoms with Crippen LogP contribution < -0.4 is 5.32 Å². The number of nitrogens with one attached hydrogen (secondary N) is 1. The van der Waals surface area contributed by atoms with Gasteiger partial charge in [0, 0.05) is 32.5 Å². The second-order valence-corrected chi connectivity index (χ2v) is 4.62. The Morgan fingerprint density at radius 1 is 1.45 bits per heavy atom. The zero-order chi connectivity index (χ0) is 14.4. The lowest BCUT2D eigenvalue weighted by Gasteiger charge is -2.07. The molecule has 0 radical (unpaired) electrons. The zero-order valence-electron chi connectivity index (χ0n) is 11.5. The number of hydrogen-bond acceptors (Lipinski definition) is 4. The standard InChI is InChI=1S/C13H19N5O2/c1-17-12(11(8-16-17)13(19)20)9-14-4-2-3-6-18-7-5-15-10-18/h5,7-8,10,14H,2-4,6,9H2,1H3,(H,19,20). The highest BCUT2D eigenvalue weighted by atomic mass is 16.4. The fraction of sp³-hybridized carbons (Fsp3) is 0.462. The quantitative estimate of drug-likeness (QED) is 0.700. The molecule has 0 aliphatic carbocycles. The smallest absolute Gasteiger partial charge is 0.339 e. The molecular formula is C13H19N5O2. The highest BCUT2D eigenvalue weighted by Crippen LogP contribution is 2.07. The number of nitrogens with zero attached hydrogens (tertiary/aromatic N) is 4. The van der Waals surface area contributed by atoms with E-state index in [1.54, 1.807) is 17.9 Å². The molecule has 0 saturated carbocycles. The molecule has 7 nitrogen and oxygen atoms in total. The summed E-state index contributed by atoms with van der Waals surface area (Å²) in [7, 11) is 1.75. The average Bonchev–Trinajstić information content (AvgIpc) is 3.04. The number of carbonyl (C=O) groups is 1. The Hall–Kier alpha value is -2.15. The third-order valence-corrected chi connectivity index (χ3v) is 3.16. The molecular weight excluding hydrogens is 258 g/mol. The van der Waals surface area contributed by atoms with Gasteiger partial charge < -0.3 is 15.0 Å². The second kappa shape index (κ2) is 6.85. The summed E-state index contributed by atoms with van der Waals surface area (Å²) in [6, 6.07) is 0. The van der Waals surface area contributed by atoms with E-state index < -0.39 is 5.97 Å². The maximum Gasteiger partial charge on any atom is 0.339 e.